The van der Waals surface area contributed by atoms with Gasteiger partial charge in [-0.1, -0.05) is 6.42 Å². The van der Waals surface area contributed by atoms with Gasteiger partial charge in [-0.2, -0.15) is 4.31 Å². The van der Waals surface area contributed by atoms with Crippen LogP contribution in [-0.4, -0.2) is 50.9 Å². The average Bonchev–Trinajstić information content (AvgIpc) is 2.68. The van der Waals surface area contributed by atoms with E-state index in [4.69, 9.17) is 0 Å². The molecule has 1 heterocycles. The molecule has 7 heteroatoms. The smallest absolute Gasteiger partial charge is 0.279 e. The molecule has 2 aliphatic rings. The molecular weight excluding hydrogens is 374 g/mol. The molecule has 1 aromatic rings. The Morgan fingerprint density at radius 2 is 1.79 bits per heavy atom. The first-order valence-corrected chi connectivity index (χ1v) is 12.0. The van der Waals surface area contributed by atoms with E-state index in [1.165, 1.54) is 47.7 Å². The van der Waals surface area contributed by atoms with Crippen molar-refractivity contribution in [1.82, 2.24) is 4.31 Å². The van der Waals surface area contributed by atoms with Crippen molar-refractivity contribution in [1.29, 1.82) is 0 Å². The summed E-state index contributed by atoms with van der Waals surface area (Å²) in [5.74, 6) is 0.795. The van der Waals surface area contributed by atoms with E-state index < -0.39 is 10.0 Å². The predicted molar refractivity (Wildman–Crippen MR) is 111 cm³/mol. The Morgan fingerprint density at radius 3 is 2.46 bits per heavy atom. The van der Waals surface area contributed by atoms with E-state index in [1.54, 1.807) is 31.3 Å². The highest BCUT2D eigenvalue weighted by Crippen LogP contribution is 2.28. The van der Waals surface area contributed by atoms with Crippen molar-refractivity contribution >= 4 is 21.6 Å². The van der Waals surface area contributed by atoms with Gasteiger partial charge >= 0.3 is 0 Å². The number of likely N-dealkylation sites (tertiary alicyclic amines) is 1. The number of hydrogen-bond donors (Lipinski definition) is 2. The maximum absolute atomic E-state index is 12.6. The van der Waals surface area contributed by atoms with Gasteiger partial charge in [0.05, 0.1) is 17.5 Å². The third-order valence-electron chi connectivity index (χ3n) is 6.44. The van der Waals surface area contributed by atoms with E-state index in [1.807, 2.05) is 13.8 Å². The summed E-state index contributed by atoms with van der Waals surface area (Å²) < 4.78 is 26.4. The molecule has 28 heavy (non-hydrogen) atoms. The van der Waals surface area contributed by atoms with Gasteiger partial charge in [-0.05, 0) is 70.2 Å². The minimum absolute atomic E-state index is 0.0103. The summed E-state index contributed by atoms with van der Waals surface area (Å²) in [5.41, 5.74) is 0.646. The van der Waals surface area contributed by atoms with Gasteiger partial charge in [0.15, 0.2) is 6.54 Å². The summed E-state index contributed by atoms with van der Waals surface area (Å²) in [6, 6.07) is 7.00. The van der Waals surface area contributed by atoms with Gasteiger partial charge in [0.2, 0.25) is 10.0 Å². The summed E-state index contributed by atoms with van der Waals surface area (Å²) >= 11 is 0. The highest BCUT2D eigenvalue weighted by molar-refractivity contribution is 7.89. The van der Waals surface area contributed by atoms with Crippen molar-refractivity contribution in [2.75, 3.05) is 25.5 Å². The molecule has 1 aliphatic carbocycles. The van der Waals surface area contributed by atoms with Crippen LogP contribution in [0, 0.1) is 5.92 Å². The molecule has 156 valence electrons. The second kappa shape index (κ2) is 8.93. The van der Waals surface area contributed by atoms with Crippen LogP contribution in [0.25, 0.3) is 0 Å². The molecule has 0 radical (unpaired) electrons. The Bertz CT molecular complexity index is 775. The summed E-state index contributed by atoms with van der Waals surface area (Å²) in [4.78, 5) is 14.2. The normalized spacial score (nSPS) is 25.5. The summed E-state index contributed by atoms with van der Waals surface area (Å²) in [6.45, 7) is 5.25. The first-order valence-electron chi connectivity index (χ1n) is 10.5. The minimum atomic E-state index is -3.50. The lowest BCUT2D eigenvalue weighted by Crippen LogP contribution is -3.18. The van der Waals surface area contributed by atoms with Crippen LogP contribution in [0.4, 0.5) is 5.69 Å². The topological polar surface area (TPSA) is 70.9 Å². The van der Waals surface area contributed by atoms with E-state index in [0.29, 0.717) is 18.3 Å². The van der Waals surface area contributed by atoms with E-state index in [2.05, 4.69) is 5.32 Å². The first-order chi connectivity index (χ1) is 13.3. The number of amides is 1. The van der Waals surface area contributed by atoms with Crippen molar-refractivity contribution in [2.24, 2.45) is 5.92 Å². The van der Waals surface area contributed by atoms with Crippen LogP contribution in [-0.2, 0) is 14.8 Å². The molecule has 3 atom stereocenters. The zero-order valence-corrected chi connectivity index (χ0v) is 18.1. The molecule has 1 amide bonds. The molecule has 1 aromatic carbocycles. The number of hydrogen-bond acceptors (Lipinski definition) is 3. The Morgan fingerprint density at radius 1 is 1.14 bits per heavy atom. The molecule has 1 saturated heterocycles. The van der Waals surface area contributed by atoms with Crippen LogP contribution in [0.5, 0.6) is 0 Å². The second-order valence-corrected chi connectivity index (χ2v) is 10.6. The number of nitrogens with one attached hydrogen (secondary N) is 2. The number of nitrogens with zero attached hydrogens (tertiary/aromatic N) is 1. The van der Waals surface area contributed by atoms with Crippen molar-refractivity contribution in [2.45, 2.75) is 69.4 Å². The molecule has 6 nitrogen and oxygen atoms in total. The fourth-order valence-electron chi connectivity index (χ4n) is 4.65. The van der Waals surface area contributed by atoms with Crippen LogP contribution < -0.4 is 10.2 Å². The number of piperidine rings is 1. The van der Waals surface area contributed by atoms with Gasteiger partial charge in [-0.15, -0.1) is 0 Å². The van der Waals surface area contributed by atoms with Gasteiger partial charge in [0.1, 0.15) is 0 Å². The van der Waals surface area contributed by atoms with Crippen molar-refractivity contribution in [3.8, 4) is 0 Å². The quantitative estimate of drug-likeness (QED) is 0.755. The lowest BCUT2D eigenvalue weighted by Gasteiger charge is -2.40. The fraction of sp³-hybridized carbons (Fsp3) is 0.667. The Balaban J connectivity index is 1.60. The maximum Gasteiger partial charge on any atom is 0.279 e. The fourth-order valence-corrected chi connectivity index (χ4v) is 6.02. The third-order valence-corrected chi connectivity index (χ3v) is 8.48. The molecule has 3 rings (SSSR count). The van der Waals surface area contributed by atoms with Gasteiger partial charge in [-0.3, -0.25) is 4.79 Å². The standard InChI is InChI=1S/C21H33N3O3S/c1-16(2)23(3)28(26,27)19-12-10-18(11-13-19)22-21(25)15-24-14-6-8-17-7-4-5-9-20(17)24/h10-13,16-17,20H,4-9,14-15H2,1-3H3,(H,22,25)/p+1/t17-,20+/m1/s1. The maximum atomic E-state index is 12.6. The first kappa shape index (κ1) is 21.3. The lowest BCUT2D eigenvalue weighted by atomic mass is 9.78. The van der Waals surface area contributed by atoms with Crippen molar-refractivity contribution < 1.29 is 18.1 Å². The molecule has 1 unspecified atom stereocenters. The highest BCUT2D eigenvalue weighted by atomic mass is 32.2. The number of rotatable bonds is 6. The van der Waals surface area contributed by atoms with Gasteiger partial charge < -0.3 is 10.2 Å². The summed E-state index contributed by atoms with van der Waals surface area (Å²) in [7, 11) is -1.92. The van der Waals surface area contributed by atoms with Crippen LogP contribution in [0.2, 0.25) is 0 Å². The highest BCUT2D eigenvalue weighted by Gasteiger charge is 2.37. The van der Waals surface area contributed by atoms with Crippen molar-refractivity contribution in [3.05, 3.63) is 24.3 Å². The Hall–Kier alpha value is -1.44. The molecule has 0 aromatic heterocycles. The van der Waals surface area contributed by atoms with Crippen molar-refractivity contribution in [3.63, 3.8) is 0 Å². The average molecular weight is 409 g/mol. The number of carbonyl (C=O) groups is 1. The van der Waals surface area contributed by atoms with Crippen LogP contribution in [0.1, 0.15) is 52.4 Å². The third kappa shape index (κ3) is 4.75. The molecular formula is C21H34N3O3S+. The molecule has 2 fully saturated rings. The van der Waals surface area contributed by atoms with E-state index in [0.717, 1.165) is 12.5 Å². The van der Waals surface area contributed by atoms with E-state index in [9.17, 15) is 13.2 Å². The number of fused-ring (bicyclic) bond motifs is 1. The number of benzene rings is 1. The predicted octanol–water partition coefficient (Wildman–Crippen LogP) is 1.89. The molecule has 1 aliphatic heterocycles. The summed E-state index contributed by atoms with van der Waals surface area (Å²) in [5, 5.41) is 2.95. The molecule has 0 bridgehead atoms. The van der Waals surface area contributed by atoms with Gasteiger partial charge in [0, 0.05) is 24.7 Å². The van der Waals surface area contributed by atoms with Crippen LogP contribution in [0.3, 0.4) is 0 Å². The van der Waals surface area contributed by atoms with E-state index in [-0.39, 0.29) is 16.8 Å². The minimum Gasteiger partial charge on any atom is -0.324 e. The monoisotopic (exact) mass is 408 g/mol. The lowest BCUT2D eigenvalue weighted by molar-refractivity contribution is -0.928. The SMILES string of the molecule is CC(C)N(C)S(=O)(=O)c1ccc(NC(=O)C[NH+]2CCC[C@H]3CCCC[C@@H]32)cc1. The van der Waals surface area contributed by atoms with Crippen LogP contribution in [0.15, 0.2) is 29.2 Å². The number of anilines is 1. The zero-order chi connectivity index (χ0) is 20.3. The van der Waals surface area contributed by atoms with Gasteiger partial charge in [0.25, 0.3) is 5.91 Å². The van der Waals surface area contributed by atoms with Gasteiger partial charge in [-0.25, -0.2) is 8.42 Å². The molecule has 1 saturated carbocycles. The summed E-state index contributed by atoms with van der Waals surface area (Å²) in [6.07, 6.45) is 7.70. The van der Waals surface area contributed by atoms with Crippen LogP contribution >= 0.6 is 0 Å². The molecule has 2 N–H and O–H groups in total. The largest absolute Gasteiger partial charge is 0.324 e. The Kier molecular flexibility index (Phi) is 6.78. The molecule has 0 spiro atoms. The van der Waals surface area contributed by atoms with E-state index >= 15 is 0 Å². The number of carbonyl (C=O) groups excluding carboxylic acids is 1. The number of sulfonamides is 1. The number of quaternary nitrogens is 1. The Labute approximate surface area is 169 Å². The zero-order valence-electron chi connectivity index (χ0n) is 17.3. The second-order valence-electron chi connectivity index (χ2n) is 8.57.